The molecule has 0 saturated carbocycles. The number of aromatic nitrogens is 1. The van der Waals surface area contributed by atoms with Crippen LogP contribution in [0.4, 0.5) is 0 Å². The highest BCUT2D eigenvalue weighted by molar-refractivity contribution is 6.06. The molecule has 1 aliphatic rings. The largest absolute Gasteiger partial charge is 0.497 e. The van der Waals surface area contributed by atoms with Crippen molar-refractivity contribution < 1.29 is 14.3 Å². The molecule has 1 aliphatic heterocycles. The Balaban J connectivity index is 1.54. The van der Waals surface area contributed by atoms with Crippen LogP contribution in [0.1, 0.15) is 22.0 Å². The van der Waals surface area contributed by atoms with Crippen molar-refractivity contribution in [1.29, 1.82) is 0 Å². The molecule has 2 heterocycles. The number of amides is 1. The number of benzene rings is 2. The molecule has 1 atom stereocenters. The molecule has 0 bridgehead atoms. The van der Waals surface area contributed by atoms with E-state index < -0.39 is 0 Å². The highest BCUT2D eigenvalue weighted by Gasteiger charge is 2.24. The molecule has 1 fully saturated rings. The molecule has 6 heteroatoms. The van der Waals surface area contributed by atoms with Crippen LogP contribution in [0.15, 0.2) is 54.7 Å². The third-order valence-electron chi connectivity index (χ3n) is 5.58. The number of carbonyl (C=O) groups is 1. The third-order valence-corrected chi connectivity index (χ3v) is 5.58. The molecule has 29 heavy (non-hydrogen) atoms. The van der Waals surface area contributed by atoms with Crippen molar-refractivity contribution in [1.82, 2.24) is 14.8 Å². The topological polar surface area (TPSA) is 55.7 Å². The zero-order chi connectivity index (χ0) is 20.2. The van der Waals surface area contributed by atoms with Crippen LogP contribution in [-0.4, -0.2) is 55.3 Å². The number of methoxy groups -OCH3 is 1. The Kier molecular flexibility index (Phi) is 5.83. The molecule has 0 spiro atoms. The molecule has 1 amide bonds. The number of hydrogen-bond donors (Lipinski definition) is 1. The zero-order valence-corrected chi connectivity index (χ0v) is 16.9. The lowest BCUT2D eigenvalue weighted by atomic mass is 10.0. The van der Waals surface area contributed by atoms with E-state index in [-0.39, 0.29) is 11.9 Å². The van der Waals surface area contributed by atoms with E-state index in [1.54, 1.807) is 7.11 Å². The maximum atomic E-state index is 13.0. The second-order valence-corrected chi connectivity index (χ2v) is 7.32. The van der Waals surface area contributed by atoms with Crippen LogP contribution in [0, 0.1) is 0 Å². The van der Waals surface area contributed by atoms with Crippen molar-refractivity contribution in [2.75, 3.05) is 40.0 Å². The molecule has 0 aliphatic carbocycles. The van der Waals surface area contributed by atoms with Crippen LogP contribution < -0.4 is 10.1 Å². The second kappa shape index (κ2) is 8.68. The Morgan fingerprint density at radius 1 is 1.14 bits per heavy atom. The third kappa shape index (κ3) is 4.13. The van der Waals surface area contributed by atoms with Gasteiger partial charge >= 0.3 is 0 Å². The fraction of sp³-hybridized carbons (Fsp3) is 0.348. The van der Waals surface area contributed by atoms with E-state index in [1.807, 2.05) is 54.2 Å². The van der Waals surface area contributed by atoms with Gasteiger partial charge < -0.3 is 19.4 Å². The lowest BCUT2D eigenvalue weighted by Crippen LogP contribution is -2.43. The minimum atomic E-state index is -0.0476. The van der Waals surface area contributed by atoms with Crippen molar-refractivity contribution in [2.24, 2.45) is 7.05 Å². The van der Waals surface area contributed by atoms with Crippen LogP contribution >= 0.6 is 0 Å². The predicted molar refractivity (Wildman–Crippen MR) is 113 cm³/mol. The van der Waals surface area contributed by atoms with Crippen molar-refractivity contribution in [2.45, 2.75) is 6.04 Å². The Hall–Kier alpha value is -2.83. The van der Waals surface area contributed by atoms with Gasteiger partial charge in [0.05, 0.1) is 31.9 Å². The van der Waals surface area contributed by atoms with E-state index >= 15 is 0 Å². The summed E-state index contributed by atoms with van der Waals surface area (Å²) in [4.78, 5) is 15.4. The summed E-state index contributed by atoms with van der Waals surface area (Å²) in [6.07, 6.45) is 1.90. The number of fused-ring (bicyclic) bond motifs is 1. The number of aryl methyl sites for hydroxylation is 1. The van der Waals surface area contributed by atoms with Gasteiger partial charge in [-0.1, -0.05) is 30.3 Å². The van der Waals surface area contributed by atoms with Crippen molar-refractivity contribution in [3.05, 3.63) is 65.9 Å². The van der Waals surface area contributed by atoms with Gasteiger partial charge in [-0.25, -0.2) is 0 Å². The SMILES string of the molecule is COc1ccc([C@H](CNC(=O)c2cn(C)c3ccccc23)N2CCOCC2)cc1. The van der Waals surface area contributed by atoms with E-state index in [0.717, 1.165) is 35.3 Å². The quantitative estimate of drug-likeness (QED) is 0.700. The van der Waals surface area contributed by atoms with Gasteiger partial charge in [-0.3, -0.25) is 9.69 Å². The smallest absolute Gasteiger partial charge is 0.253 e. The van der Waals surface area contributed by atoms with Gasteiger partial charge in [-0.15, -0.1) is 0 Å². The van der Waals surface area contributed by atoms with Gasteiger partial charge in [0.2, 0.25) is 0 Å². The number of nitrogens with one attached hydrogen (secondary N) is 1. The summed E-state index contributed by atoms with van der Waals surface area (Å²) < 4.78 is 12.8. The molecule has 3 aromatic rings. The average Bonchev–Trinajstić information content (AvgIpc) is 3.12. The number of morpholine rings is 1. The Labute approximate surface area is 171 Å². The van der Waals surface area contributed by atoms with Gasteiger partial charge in [0.1, 0.15) is 5.75 Å². The molecular formula is C23H27N3O3. The minimum Gasteiger partial charge on any atom is -0.497 e. The van der Waals surface area contributed by atoms with E-state index in [4.69, 9.17) is 9.47 Å². The van der Waals surface area contributed by atoms with Crippen LogP contribution in [0.3, 0.4) is 0 Å². The molecule has 4 rings (SSSR count). The van der Waals surface area contributed by atoms with Gasteiger partial charge in [-0.2, -0.15) is 0 Å². The van der Waals surface area contributed by atoms with Crippen LogP contribution in [0.25, 0.3) is 10.9 Å². The lowest BCUT2D eigenvalue weighted by molar-refractivity contribution is 0.0162. The van der Waals surface area contributed by atoms with E-state index in [2.05, 4.69) is 22.3 Å². The molecule has 0 radical (unpaired) electrons. The first-order chi connectivity index (χ1) is 14.2. The van der Waals surface area contributed by atoms with Crippen LogP contribution in [-0.2, 0) is 11.8 Å². The number of nitrogens with zero attached hydrogens (tertiary/aromatic N) is 2. The first-order valence-electron chi connectivity index (χ1n) is 9.95. The fourth-order valence-electron chi connectivity index (χ4n) is 3.98. The molecular weight excluding hydrogens is 366 g/mol. The van der Waals surface area contributed by atoms with E-state index in [0.29, 0.717) is 25.3 Å². The second-order valence-electron chi connectivity index (χ2n) is 7.32. The summed E-state index contributed by atoms with van der Waals surface area (Å²) in [5.41, 5.74) is 2.92. The summed E-state index contributed by atoms with van der Waals surface area (Å²) in [5, 5.41) is 4.14. The van der Waals surface area contributed by atoms with Crippen LogP contribution in [0.2, 0.25) is 0 Å². The predicted octanol–water partition coefficient (Wildman–Crippen LogP) is 2.99. The molecule has 1 saturated heterocycles. The Bertz CT molecular complexity index is 975. The fourth-order valence-corrected chi connectivity index (χ4v) is 3.98. The highest BCUT2D eigenvalue weighted by Crippen LogP contribution is 2.25. The molecule has 6 nitrogen and oxygen atoms in total. The molecule has 2 aromatic carbocycles. The number of carbonyl (C=O) groups excluding carboxylic acids is 1. The standard InChI is InChI=1S/C23H27N3O3/c1-25-16-20(19-5-3-4-6-21(19)25)23(27)24-15-22(26-11-13-29-14-12-26)17-7-9-18(28-2)10-8-17/h3-10,16,22H,11-15H2,1-2H3,(H,24,27)/t22-/m0/s1. The van der Waals surface area contributed by atoms with E-state index in [9.17, 15) is 4.79 Å². The first kappa shape index (κ1) is 19.5. The minimum absolute atomic E-state index is 0.0476. The summed E-state index contributed by atoms with van der Waals surface area (Å²) >= 11 is 0. The number of para-hydroxylation sites is 1. The Morgan fingerprint density at radius 3 is 2.59 bits per heavy atom. The number of ether oxygens (including phenoxy) is 2. The number of hydrogen-bond acceptors (Lipinski definition) is 4. The monoisotopic (exact) mass is 393 g/mol. The number of rotatable bonds is 6. The molecule has 1 aromatic heterocycles. The van der Waals surface area contributed by atoms with Gasteiger partial charge in [0.15, 0.2) is 0 Å². The first-order valence-corrected chi connectivity index (χ1v) is 9.95. The zero-order valence-electron chi connectivity index (χ0n) is 16.9. The average molecular weight is 393 g/mol. The van der Waals surface area contributed by atoms with E-state index in [1.165, 1.54) is 0 Å². The van der Waals surface area contributed by atoms with Crippen molar-refractivity contribution >= 4 is 16.8 Å². The molecule has 0 unspecified atom stereocenters. The van der Waals surface area contributed by atoms with Crippen LogP contribution in [0.5, 0.6) is 5.75 Å². The summed E-state index contributed by atoms with van der Waals surface area (Å²) in [5.74, 6) is 0.780. The Morgan fingerprint density at radius 2 is 1.86 bits per heavy atom. The summed E-state index contributed by atoms with van der Waals surface area (Å²) in [7, 11) is 3.63. The normalized spacial score (nSPS) is 15.9. The van der Waals surface area contributed by atoms with Gasteiger partial charge in [0.25, 0.3) is 5.91 Å². The maximum absolute atomic E-state index is 13.0. The highest BCUT2D eigenvalue weighted by atomic mass is 16.5. The maximum Gasteiger partial charge on any atom is 0.253 e. The van der Waals surface area contributed by atoms with Gasteiger partial charge in [-0.05, 0) is 23.8 Å². The van der Waals surface area contributed by atoms with Crippen molar-refractivity contribution in [3.63, 3.8) is 0 Å². The molecule has 152 valence electrons. The van der Waals surface area contributed by atoms with Crippen molar-refractivity contribution in [3.8, 4) is 5.75 Å². The molecule has 1 N–H and O–H groups in total. The summed E-state index contributed by atoms with van der Waals surface area (Å²) in [6, 6.07) is 16.1. The van der Waals surface area contributed by atoms with Gasteiger partial charge in [0, 0.05) is 43.8 Å². The lowest BCUT2D eigenvalue weighted by Gasteiger charge is -2.35. The summed E-state index contributed by atoms with van der Waals surface area (Å²) in [6.45, 7) is 3.66.